The summed E-state index contributed by atoms with van der Waals surface area (Å²) in [5, 5.41) is 2.78. The van der Waals surface area contributed by atoms with Crippen LogP contribution in [-0.2, 0) is 19.4 Å². The van der Waals surface area contributed by atoms with E-state index in [1.165, 1.54) is 0 Å². The van der Waals surface area contributed by atoms with Crippen molar-refractivity contribution in [1.82, 2.24) is 5.32 Å². The van der Waals surface area contributed by atoms with Crippen molar-refractivity contribution in [3.8, 4) is 0 Å². The molecule has 1 aromatic carbocycles. The number of allylic oxidation sites excluding steroid dienone is 1. The molecule has 1 fully saturated rings. The van der Waals surface area contributed by atoms with E-state index in [9.17, 15) is 22.0 Å². The molecule has 114 valence electrons. The number of hydrogen-bond acceptors (Lipinski definition) is 5. The second kappa shape index (κ2) is 5.80. The van der Waals surface area contributed by atoms with E-state index in [1.807, 2.05) is 0 Å². The summed E-state index contributed by atoms with van der Waals surface area (Å²) in [6, 6.07) is 2.06. The first-order valence-electron chi connectivity index (χ1n) is 6.13. The lowest BCUT2D eigenvalue weighted by Gasteiger charge is -2.11. The molecule has 1 saturated heterocycles. The van der Waals surface area contributed by atoms with Gasteiger partial charge >= 0.3 is 5.97 Å². The fraction of sp³-hybridized carbons (Fsp3) is 0.308. The summed E-state index contributed by atoms with van der Waals surface area (Å²) in [6.07, 6.45) is 0.990. The van der Waals surface area contributed by atoms with E-state index in [0.29, 0.717) is 25.5 Å². The molecular formula is C13H13F2NO4S. The number of hydrogen-bond donors (Lipinski definition) is 1. The largest absolute Gasteiger partial charge is 0.465 e. The molecule has 0 aliphatic carbocycles. The van der Waals surface area contributed by atoms with Crippen LogP contribution in [0.3, 0.4) is 0 Å². The first-order chi connectivity index (χ1) is 9.87. The SMILES string of the molecule is COC(=O)C(=C1CCCN1)S(=O)(=O)c1ccc(F)cc1F. The summed E-state index contributed by atoms with van der Waals surface area (Å²) in [5.41, 5.74) is 0.186. The van der Waals surface area contributed by atoms with Crippen LogP contribution in [0.25, 0.3) is 0 Å². The molecule has 0 bridgehead atoms. The fourth-order valence-electron chi connectivity index (χ4n) is 2.08. The third-order valence-electron chi connectivity index (χ3n) is 3.04. The molecule has 0 aromatic heterocycles. The van der Waals surface area contributed by atoms with Crippen molar-refractivity contribution in [2.45, 2.75) is 17.7 Å². The van der Waals surface area contributed by atoms with Gasteiger partial charge in [0.05, 0.1) is 7.11 Å². The molecule has 1 aliphatic rings. The molecule has 0 atom stereocenters. The maximum atomic E-state index is 13.7. The standard InChI is InChI=1S/C13H13F2NO4S/c1-20-13(17)12(10-3-2-6-16-10)21(18,19)11-5-4-8(14)7-9(11)15/h4-5,7,16H,2-3,6H2,1H3. The van der Waals surface area contributed by atoms with Crippen molar-refractivity contribution in [3.05, 3.63) is 40.4 Å². The monoisotopic (exact) mass is 317 g/mol. The van der Waals surface area contributed by atoms with Gasteiger partial charge in [-0.1, -0.05) is 0 Å². The number of benzene rings is 1. The van der Waals surface area contributed by atoms with Gasteiger partial charge in [0.15, 0.2) is 4.91 Å². The molecule has 0 radical (unpaired) electrons. The zero-order chi connectivity index (χ0) is 15.6. The van der Waals surface area contributed by atoms with Gasteiger partial charge in [0.1, 0.15) is 16.5 Å². The third kappa shape index (κ3) is 2.90. The van der Waals surface area contributed by atoms with Crippen LogP contribution in [0.2, 0.25) is 0 Å². The minimum absolute atomic E-state index is 0.186. The molecule has 1 aromatic rings. The zero-order valence-corrected chi connectivity index (χ0v) is 12.0. The Bertz CT molecular complexity index is 705. The second-order valence-electron chi connectivity index (χ2n) is 4.41. The van der Waals surface area contributed by atoms with Gasteiger partial charge in [-0.05, 0) is 25.0 Å². The molecule has 8 heteroatoms. The lowest BCUT2D eigenvalue weighted by molar-refractivity contribution is -0.135. The van der Waals surface area contributed by atoms with E-state index in [4.69, 9.17) is 0 Å². The van der Waals surface area contributed by atoms with Gasteiger partial charge < -0.3 is 10.1 Å². The molecule has 21 heavy (non-hydrogen) atoms. The van der Waals surface area contributed by atoms with Crippen molar-refractivity contribution in [2.75, 3.05) is 13.7 Å². The van der Waals surface area contributed by atoms with Crippen molar-refractivity contribution in [3.63, 3.8) is 0 Å². The molecule has 0 spiro atoms. The molecule has 0 amide bonds. The van der Waals surface area contributed by atoms with Crippen LogP contribution in [0.4, 0.5) is 8.78 Å². The Labute approximate surface area is 120 Å². The maximum absolute atomic E-state index is 13.7. The summed E-state index contributed by atoms with van der Waals surface area (Å²) >= 11 is 0. The highest BCUT2D eigenvalue weighted by Gasteiger charge is 2.34. The Balaban J connectivity index is 2.63. The Hall–Kier alpha value is -1.96. The van der Waals surface area contributed by atoms with Crippen LogP contribution in [0.1, 0.15) is 12.8 Å². The summed E-state index contributed by atoms with van der Waals surface area (Å²) in [4.78, 5) is 10.4. The van der Waals surface area contributed by atoms with Crippen LogP contribution in [-0.4, -0.2) is 28.0 Å². The van der Waals surface area contributed by atoms with E-state index in [2.05, 4.69) is 10.1 Å². The average Bonchev–Trinajstić information content (AvgIpc) is 2.91. The number of halogens is 2. The van der Waals surface area contributed by atoms with Crippen molar-refractivity contribution in [1.29, 1.82) is 0 Å². The molecule has 0 unspecified atom stereocenters. The number of sulfone groups is 1. The molecule has 1 N–H and O–H groups in total. The van der Waals surface area contributed by atoms with E-state index < -0.39 is 37.2 Å². The number of methoxy groups -OCH3 is 1. The molecule has 1 heterocycles. The fourth-order valence-corrected chi connectivity index (χ4v) is 3.66. The van der Waals surface area contributed by atoms with Gasteiger partial charge in [-0.25, -0.2) is 22.0 Å². The van der Waals surface area contributed by atoms with Gasteiger partial charge in [0.2, 0.25) is 9.84 Å². The predicted molar refractivity (Wildman–Crippen MR) is 69.8 cm³/mol. The molecular weight excluding hydrogens is 304 g/mol. The lowest BCUT2D eigenvalue weighted by Crippen LogP contribution is -2.22. The first kappa shape index (κ1) is 15.4. The number of nitrogens with one attached hydrogen (secondary N) is 1. The minimum atomic E-state index is -4.44. The first-order valence-corrected chi connectivity index (χ1v) is 7.61. The Morgan fingerprint density at radius 3 is 2.57 bits per heavy atom. The number of rotatable bonds is 3. The van der Waals surface area contributed by atoms with Crippen molar-refractivity contribution < 1.29 is 26.7 Å². The number of ether oxygens (including phenoxy) is 1. The highest BCUT2D eigenvalue weighted by Crippen LogP contribution is 2.28. The Morgan fingerprint density at radius 2 is 2.05 bits per heavy atom. The maximum Gasteiger partial charge on any atom is 0.351 e. The van der Waals surface area contributed by atoms with Crippen LogP contribution in [0.5, 0.6) is 0 Å². The van der Waals surface area contributed by atoms with Gasteiger partial charge in [-0.15, -0.1) is 0 Å². The summed E-state index contributed by atoms with van der Waals surface area (Å²) in [7, 11) is -3.41. The van der Waals surface area contributed by atoms with E-state index >= 15 is 0 Å². The van der Waals surface area contributed by atoms with Gasteiger partial charge in [-0.2, -0.15) is 0 Å². The lowest BCUT2D eigenvalue weighted by atomic mass is 10.3. The van der Waals surface area contributed by atoms with Gasteiger partial charge in [0.25, 0.3) is 0 Å². The van der Waals surface area contributed by atoms with Crippen LogP contribution in [0.15, 0.2) is 33.7 Å². The van der Waals surface area contributed by atoms with Crippen LogP contribution in [0, 0.1) is 11.6 Å². The van der Waals surface area contributed by atoms with Crippen LogP contribution >= 0.6 is 0 Å². The number of esters is 1. The van der Waals surface area contributed by atoms with E-state index in [0.717, 1.165) is 19.2 Å². The average molecular weight is 317 g/mol. The normalized spacial score (nSPS) is 17.3. The Morgan fingerprint density at radius 1 is 1.33 bits per heavy atom. The van der Waals surface area contributed by atoms with Crippen molar-refractivity contribution in [2.24, 2.45) is 0 Å². The highest BCUT2D eigenvalue weighted by atomic mass is 32.2. The highest BCUT2D eigenvalue weighted by molar-refractivity contribution is 7.96. The topological polar surface area (TPSA) is 72.5 Å². The third-order valence-corrected chi connectivity index (χ3v) is 4.90. The van der Waals surface area contributed by atoms with Crippen LogP contribution < -0.4 is 5.32 Å². The molecule has 1 aliphatic heterocycles. The smallest absolute Gasteiger partial charge is 0.351 e. The van der Waals surface area contributed by atoms with Gasteiger partial charge in [0, 0.05) is 18.3 Å². The van der Waals surface area contributed by atoms with E-state index in [1.54, 1.807) is 0 Å². The second-order valence-corrected chi connectivity index (χ2v) is 6.26. The minimum Gasteiger partial charge on any atom is -0.465 e. The molecule has 2 rings (SSSR count). The van der Waals surface area contributed by atoms with Crippen molar-refractivity contribution >= 4 is 15.8 Å². The Kier molecular flexibility index (Phi) is 4.26. The zero-order valence-electron chi connectivity index (χ0n) is 11.2. The predicted octanol–water partition coefficient (Wildman–Crippen LogP) is 1.51. The summed E-state index contributed by atoms with van der Waals surface area (Å²) in [5.74, 6) is -3.24. The van der Waals surface area contributed by atoms with Gasteiger partial charge in [-0.3, -0.25) is 0 Å². The van der Waals surface area contributed by atoms with E-state index in [-0.39, 0.29) is 5.70 Å². The summed E-state index contributed by atoms with van der Waals surface area (Å²) in [6.45, 7) is 0.511. The number of carbonyl (C=O) groups excluding carboxylic acids is 1. The molecule has 0 saturated carbocycles. The summed E-state index contributed by atoms with van der Waals surface area (Å²) < 4.78 is 56.1. The number of carbonyl (C=O) groups is 1. The quantitative estimate of drug-likeness (QED) is 0.520. The molecule has 5 nitrogen and oxygen atoms in total.